The molecule has 5 nitrogen and oxygen atoms in total. The summed E-state index contributed by atoms with van der Waals surface area (Å²) >= 11 is 0. The van der Waals surface area contributed by atoms with Gasteiger partial charge in [-0.15, -0.1) is 0 Å². The highest BCUT2D eigenvalue weighted by molar-refractivity contribution is 5.91. The Labute approximate surface area is 149 Å². The summed E-state index contributed by atoms with van der Waals surface area (Å²) in [5.41, 5.74) is 3.18. The molecule has 134 valence electrons. The number of fused-ring (bicyclic) bond motifs is 1. The van der Waals surface area contributed by atoms with Crippen LogP contribution in [0.15, 0.2) is 36.4 Å². The second kappa shape index (κ2) is 7.21. The Morgan fingerprint density at radius 2 is 2.00 bits per heavy atom. The third-order valence-corrected chi connectivity index (χ3v) is 4.76. The van der Waals surface area contributed by atoms with Gasteiger partial charge >= 0.3 is 6.03 Å². The van der Waals surface area contributed by atoms with Crippen molar-refractivity contribution in [2.45, 2.75) is 40.3 Å². The van der Waals surface area contributed by atoms with Crippen LogP contribution in [0.5, 0.6) is 5.75 Å². The lowest BCUT2D eigenvalue weighted by atomic mass is 9.97. The van der Waals surface area contributed by atoms with Crippen LogP contribution in [-0.2, 0) is 6.54 Å². The third kappa shape index (κ3) is 3.36. The molecule has 0 radical (unpaired) electrons. The Balaban J connectivity index is 1.85. The average Bonchev–Trinajstić information content (AvgIpc) is 2.97. The summed E-state index contributed by atoms with van der Waals surface area (Å²) in [6, 6.07) is 11.9. The lowest BCUT2D eigenvalue weighted by molar-refractivity contribution is 0.143. The molecule has 1 N–H and O–H groups in total. The number of para-hydroxylation sites is 2. The minimum absolute atomic E-state index is 0.0710. The number of hydrogen-bond acceptors (Lipinski definition) is 2. The molecule has 0 bridgehead atoms. The highest BCUT2D eigenvalue weighted by Gasteiger charge is 2.33. The van der Waals surface area contributed by atoms with Crippen molar-refractivity contribution in [3.63, 3.8) is 0 Å². The van der Waals surface area contributed by atoms with Gasteiger partial charge in [-0.25, -0.2) is 4.79 Å². The summed E-state index contributed by atoms with van der Waals surface area (Å²) in [4.78, 5) is 15.0. The summed E-state index contributed by atoms with van der Waals surface area (Å²) in [5, 5.41) is 3.04. The van der Waals surface area contributed by atoms with Crippen LogP contribution in [0.25, 0.3) is 0 Å². The number of benzene rings is 1. The van der Waals surface area contributed by atoms with Gasteiger partial charge in [-0.3, -0.25) is 0 Å². The van der Waals surface area contributed by atoms with Gasteiger partial charge in [0.15, 0.2) is 0 Å². The molecule has 2 heterocycles. The number of anilines is 1. The van der Waals surface area contributed by atoms with Crippen LogP contribution in [0.1, 0.15) is 38.2 Å². The fraction of sp³-hybridized carbons (Fsp3) is 0.450. The number of nitrogens with zero attached hydrogens (tertiary/aromatic N) is 2. The molecule has 0 aliphatic carbocycles. The fourth-order valence-electron chi connectivity index (χ4n) is 3.63. The molecule has 3 rings (SSSR count). The Morgan fingerprint density at radius 1 is 1.24 bits per heavy atom. The monoisotopic (exact) mass is 341 g/mol. The van der Waals surface area contributed by atoms with Crippen LogP contribution in [0.2, 0.25) is 0 Å². The van der Waals surface area contributed by atoms with E-state index >= 15 is 0 Å². The smallest absolute Gasteiger partial charge is 0.322 e. The second-order valence-electron chi connectivity index (χ2n) is 6.79. The maximum atomic E-state index is 13.0. The molecule has 1 atom stereocenters. The van der Waals surface area contributed by atoms with Crippen LogP contribution in [-0.4, -0.2) is 28.6 Å². The zero-order chi connectivity index (χ0) is 18.0. The molecule has 1 aliphatic heterocycles. The van der Waals surface area contributed by atoms with Crippen molar-refractivity contribution in [3.8, 4) is 5.75 Å². The Kier molecular flexibility index (Phi) is 5.02. The largest absolute Gasteiger partial charge is 0.492 e. The minimum Gasteiger partial charge on any atom is -0.492 e. The summed E-state index contributed by atoms with van der Waals surface area (Å²) in [6.45, 7) is 10.5. The lowest BCUT2D eigenvalue weighted by Crippen LogP contribution is -2.46. The molecule has 1 aromatic heterocycles. The van der Waals surface area contributed by atoms with Crippen LogP contribution in [0, 0.1) is 12.8 Å². The molecule has 0 fully saturated rings. The van der Waals surface area contributed by atoms with Gasteiger partial charge in [-0.2, -0.15) is 0 Å². The van der Waals surface area contributed by atoms with Crippen LogP contribution in [0.4, 0.5) is 10.5 Å². The first-order valence-electron chi connectivity index (χ1n) is 8.98. The van der Waals surface area contributed by atoms with Gasteiger partial charge in [-0.05, 0) is 44.0 Å². The van der Waals surface area contributed by atoms with E-state index in [-0.39, 0.29) is 12.1 Å². The number of ether oxygens (including phenoxy) is 1. The van der Waals surface area contributed by atoms with Crippen LogP contribution < -0.4 is 10.1 Å². The number of rotatable bonds is 4. The molecule has 2 aromatic rings. The van der Waals surface area contributed by atoms with Crippen molar-refractivity contribution in [2.75, 3.05) is 18.5 Å². The van der Waals surface area contributed by atoms with Crippen molar-refractivity contribution < 1.29 is 9.53 Å². The second-order valence-corrected chi connectivity index (χ2v) is 6.79. The van der Waals surface area contributed by atoms with Gasteiger partial charge in [-0.1, -0.05) is 26.0 Å². The highest BCUT2D eigenvalue weighted by atomic mass is 16.5. The molecule has 2 amide bonds. The average molecular weight is 341 g/mol. The summed E-state index contributed by atoms with van der Waals surface area (Å²) in [5.74, 6) is 1.04. The van der Waals surface area contributed by atoms with E-state index < -0.39 is 0 Å². The number of carbonyl (C=O) groups is 1. The van der Waals surface area contributed by atoms with Gasteiger partial charge in [0, 0.05) is 24.5 Å². The predicted octanol–water partition coefficient (Wildman–Crippen LogP) is 4.44. The van der Waals surface area contributed by atoms with E-state index in [9.17, 15) is 4.79 Å². The first-order valence-corrected chi connectivity index (χ1v) is 8.98. The predicted molar refractivity (Wildman–Crippen MR) is 100 cm³/mol. The van der Waals surface area contributed by atoms with E-state index in [1.165, 1.54) is 11.4 Å². The molecule has 0 saturated carbocycles. The molecule has 1 unspecified atom stereocenters. The number of urea groups is 1. The Bertz CT molecular complexity index is 751. The van der Waals surface area contributed by atoms with Gasteiger partial charge in [0.2, 0.25) is 0 Å². The zero-order valence-electron chi connectivity index (χ0n) is 15.5. The quantitative estimate of drug-likeness (QED) is 0.893. The van der Waals surface area contributed by atoms with E-state index in [2.05, 4.69) is 42.8 Å². The topological polar surface area (TPSA) is 46.5 Å². The molecule has 1 aliphatic rings. The molecule has 1 aromatic carbocycles. The van der Waals surface area contributed by atoms with Crippen LogP contribution in [0.3, 0.4) is 0 Å². The van der Waals surface area contributed by atoms with Crippen molar-refractivity contribution >= 4 is 11.7 Å². The first-order chi connectivity index (χ1) is 12.0. The fourth-order valence-corrected chi connectivity index (χ4v) is 3.63. The van der Waals surface area contributed by atoms with Crippen molar-refractivity contribution in [2.24, 2.45) is 5.92 Å². The molecule has 5 heteroatoms. The molecule has 25 heavy (non-hydrogen) atoms. The maximum absolute atomic E-state index is 13.0. The zero-order valence-corrected chi connectivity index (χ0v) is 15.5. The van der Waals surface area contributed by atoms with Crippen molar-refractivity contribution in [3.05, 3.63) is 47.8 Å². The number of nitrogens with one attached hydrogen (secondary N) is 1. The first kappa shape index (κ1) is 17.4. The summed E-state index contributed by atoms with van der Waals surface area (Å²) < 4.78 is 7.94. The SMILES string of the molecule is CCOc1ccccc1NC(=O)N1CCn2c(C)ccc2C1C(C)C. The van der Waals surface area contributed by atoms with Gasteiger partial charge in [0.05, 0.1) is 18.3 Å². The molecule has 0 spiro atoms. The van der Waals surface area contributed by atoms with Crippen LogP contribution >= 0.6 is 0 Å². The molecule has 0 saturated heterocycles. The number of carbonyl (C=O) groups excluding carboxylic acids is 1. The molecular formula is C20H27N3O2. The number of hydrogen-bond donors (Lipinski definition) is 1. The Morgan fingerprint density at radius 3 is 2.72 bits per heavy atom. The number of amides is 2. The van der Waals surface area contributed by atoms with Gasteiger partial charge in [0.1, 0.15) is 5.75 Å². The van der Waals surface area contributed by atoms with E-state index in [1.54, 1.807) is 0 Å². The maximum Gasteiger partial charge on any atom is 0.322 e. The molecular weight excluding hydrogens is 314 g/mol. The van der Waals surface area contributed by atoms with E-state index in [1.807, 2.05) is 36.1 Å². The summed E-state index contributed by atoms with van der Waals surface area (Å²) in [7, 11) is 0. The lowest BCUT2D eigenvalue weighted by Gasteiger charge is -2.39. The van der Waals surface area contributed by atoms with Gasteiger partial charge in [0.25, 0.3) is 0 Å². The number of aryl methyl sites for hydroxylation is 1. The van der Waals surface area contributed by atoms with Crippen molar-refractivity contribution in [1.82, 2.24) is 9.47 Å². The third-order valence-electron chi connectivity index (χ3n) is 4.76. The normalized spacial score (nSPS) is 16.7. The highest BCUT2D eigenvalue weighted by Crippen LogP contribution is 2.34. The number of aromatic nitrogens is 1. The van der Waals surface area contributed by atoms with Crippen molar-refractivity contribution in [1.29, 1.82) is 0 Å². The standard InChI is InChI=1S/C20H27N3O2/c1-5-25-18-9-7-6-8-16(18)21-20(24)23-13-12-22-15(4)10-11-17(22)19(23)14(2)3/h6-11,14,19H,5,12-13H2,1-4H3,(H,21,24). The summed E-state index contributed by atoms with van der Waals surface area (Å²) in [6.07, 6.45) is 0. The van der Waals surface area contributed by atoms with Gasteiger partial charge < -0.3 is 19.5 Å². The van der Waals surface area contributed by atoms with E-state index in [0.717, 1.165) is 6.54 Å². The Hall–Kier alpha value is -2.43. The van der Waals surface area contributed by atoms with E-state index in [0.29, 0.717) is 30.5 Å². The minimum atomic E-state index is -0.0732. The van der Waals surface area contributed by atoms with E-state index in [4.69, 9.17) is 4.74 Å².